The van der Waals surface area contributed by atoms with Crippen molar-refractivity contribution in [2.75, 3.05) is 57.9 Å². The van der Waals surface area contributed by atoms with Crippen molar-refractivity contribution in [1.82, 2.24) is 19.2 Å². The Kier molecular flexibility index (Phi) is 7.26. The summed E-state index contributed by atoms with van der Waals surface area (Å²) in [6.45, 7) is 5.82. The molecule has 0 spiro atoms. The summed E-state index contributed by atoms with van der Waals surface area (Å²) in [6, 6.07) is 5.42. The Balaban J connectivity index is 1.41. The van der Waals surface area contributed by atoms with Gasteiger partial charge in [-0.1, -0.05) is 30.0 Å². The zero-order valence-corrected chi connectivity index (χ0v) is 20.4. The van der Waals surface area contributed by atoms with E-state index in [0.29, 0.717) is 46.0 Å². The van der Waals surface area contributed by atoms with Gasteiger partial charge in [0, 0.05) is 39.0 Å². The van der Waals surface area contributed by atoms with E-state index in [2.05, 4.69) is 15.2 Å². The van der Waals surface area contributed by atoms with Gasteiger partial charge in [-0.3, -0.25) is 23.8 Å². The first kappa shape index (κ1) is 23.4. The third kappa shape index (κ3) is 5.03. The lowest BCUT2D eigenvalue weighted by Gasteiger charge is -2.26. The maximum absolute atomic E-state index is 13.4. The van der Waals surface area contributed by atoms with Gasteiger partial charge in [-0.2, -0.15) is 0 Å². The van der Waals surface area contributed by atoms with Crippen molar-refractivity contribution < 1.29 is 14.3 Å². The zero-order chi connectivity index (χ0) is 23.5. The molecule has 3 aliphatic heterocycles. The number of pyridine rings is 1. The Morgan fingerprint density at radius 2 is 2.09 bits per heavy atom. The highest BCUT2D eigenvalue weighted by Crippen LogP contribution is 2.34. The van der Waals surface area contributed by atoms with Crippen LogP contribution in [0.15, 0.2) is 34.1 Å². The molecule has 1 amide bonds. The zero-order valence-electron chi connectivity index (χ0n) is 18.8. The fourth-order valence-electron chi connectivity index (χ4n) is 4.31. The van der Waals surface area contributed by atoms with E-state index in [1.165, 1.54) is 16.2 Å². The Morgan fingerprint density at radius 1 is 1.24 bits per heavy atom. The maximum atomic E-state index is 13.4. The molecule has 5 heterocycles. The molecule has 0 radical (unpaired) electrons. The maximum Gasteiger partial charge on any atom is 0.267 e. The van der Waals surface area contributed by atoms with Gasteiger partial charge in [-0.25, -0.2) is 4.98 Å². The minimum atomic E-state index is -0.233. The second-order valence-corrected chi connectivity index (χ2v) is 10.1. The first-order valence-electron chi connectivity index (χ1n) is 11.5. The van der Waals surface area contributed by atoms with Gasteiger partial charge >= 0.3 is 0 Å². The van der Waals surface area contributed by atoms with E-state index in [9.17, 15) is 9.59 Å². The summed E-state index contributed by atoms with van der Waals surface area (Å²) < 4.78 is 13.1. The molecule has 0 bridgehead atoms. The van der Waals surface area contributed by atoms with Gasteiger partial charge in [-0.05, 0) is 31.1 Å². The van der Waals surface area contributed by atoms with Crippen LogP contribution in [0.3, 0.4) is 0 Å². The van der Waals surface area contributed by atoms with Crippen LogP contribution < -0.4 is 10.9 Å². The molecule has 1 N–H and O–H groups in total. The third-order valence-electron chi connectivity index (χ3n) is 6.15. The largest absolute Gasteiger partial charge is 0.379 e. The number of thioether (sulfide) groups is 1. The Hall–Kier alpha value is -2.31. The van der Waals surface area contributed by atoms with Crippen LogP contribution in [0.25, 0.3) is 11.7 Å². The lowest BCUT2D eigenvalue weighted by molar-refractivity contribution is -0.123. The predicted octanol–water partition coefficient (Wildman–Crippen LogP) is 1.82. The van der Waals surface area contributed by atoms with E-state index in [0.717, 1.165) is 45.7 Å². The molecule has 2 aromatic rings. The molecule has 2 aromatic heterocycles. The number of ether oxygens (including phenoxy) is 2. The number of carbonyl (C=O) groups excluding carboxylic acids is 1. The lowest BCUT2D eigenvalue weighted by atomic mass is 10.2. The summed E-state index contributed by atoms with van der Waals surface area (Å²) in [6.07, 6.45) is 5.23. The molecule has 1 atom stereocenters. The molecular weight excluding hydrogens is 474 g/mol. The van der Waals surface area contributed by atoms with Crippen LogP contribution in [0.5, 0.6) is 0 Å². The number of rotatable bonds is 7. The SMILES string of the molecule is O=C1C(=Cc2c(NCCN3CCOCC3)nc3ccccn3c2=O)SC(=S)N1CC1CCCO1. The monoisotopic (exact) mass is 501 g/mol. The summed E-state index contributed by atoms with van der Waals surface area (Å²) >= 11 is 6.69. The number of fused-ring (bicyclic) bond motifs is 1. The highest BCUT2D eigenvalue weighted by Gasteiger charge is 2.35. The summed E-state index contributed by atoms with van der Waals surface area (Å²) in [7, 11) is 0. The number of anilines is 1. The molecule has 9 nitrogen and oxygen atoms in total. The molecule has 1 unspecified atom stereocenters. The summed E-state index contributed by atoms with van der Waals surface area (Å²) in [5.74, 6) is 0.274. The van der Waals surface area contributed by atoms with Gasteiger partial charge in [-0.15, -0.1) is 0 Å². The molecular formula is C23H27N5O4S2. The molecule has 0 aromatic carbocycles. The van der Waals surface area contributed by atoms with E-state index in [-0.39, 0.29) is 17.6 Å². The van der Waals surface area contributed by atoms with Crippen molar-refractivity contribution >= 4 is 51.7 Å². The smallest absolute Gasteiger partial charge is 0.267 e. The van der Waals surface area contributed by atoms with Crippen LogP contribution in [0.2, 0.25) is 0 Å². The number of hydrogen-bond donors (Lipinski definition) is 1. The first-order valence-corrected chi connectivity index (χ1v) is 12.7. The second-order valence-electron chi connectivity index (χ2n) is 8.42. The molecule has 34 heavy (non-hydrogen) atoms. The minimum Gasteiger partial charge on any atom is -0.379 e. The number of thiocarbonyl (C=S) groups is 1. The van der Waals surface area contributed by atoms with Gasteiger partial charge in [0.25, 0.3) is 11.5 Å². The summed E-state index contributed by atoms with van der Waals surface area (Å²) in [4.78, 5) is 35.5. The van der Waals surface area contributed by atoms with E-state index in [4.69, 9.17) is 21.7 Å². The van der Waals surface area contributed by atoms with Crippen molar-refractivity contribution in [2.24, 2.45) is 0 Å². The Morgan fingerprint density at radius 3 is 2.88 bits per heavy atom. The molecule has 0 saturated carbocycles. The molecule has 5 rings (SSSR count). The molecule has 3 saturated heterocycles. The third-order valence-corrected chi connectivity index (χ3v) is 7.53. The number of nitrogens with one attached hydrogen (secondary N) is 1. The van der Waals surface area contributed by atoms with Gasteiger partial charge in [0.05, 0.1) is 36.3 Å². The van der Waals surface area contributed by atoms with Crippen LogP contribution >= 0.6 is 24.0 Å². The van der Waals surface area contributed by atoms with Crippen LogP contribution in [-0.2, 0) is 14.3 Å². The highest BCUT2D eigenvalue weighted by atomic mass is 32.2. The summed E-state index contributed by atoms with van der Waals surface area (Å²) in [5, 5.41) is 3.32. The lowest BCUT2D eigenvalue weighted by Crippen LogP contribution is -2.39. The standard InChI is InChI=1S/C23H27N5O4S2/c29-21-17(14-18-22(30)28(23(33)34-18)15-16-4-3-11-32-16)20(25-19-5-1-2-7-27(19)21)24-6-8-26-9-12-31-13-10-26/h1-2,5,7,14,16,24H,3-4,6,8-13,15H2. The van der Waals surface area contributed by atoms with Gasteiger partial charge < -0.3 is 14.8 Å². The number of aromatic nitrogens is 2. The summed E-state index contributed by atoms with van der Waals surface area (Å²) in [5.41, 5.74) is 0.664. The van der Waals surface area contributed by atoms with Crippen LogP contribution in [0.4, 0.5) is 5.82 Å². The molecule has 180 valence electrons. The quantitative estimate of drug-likeness (QED) is 0.451. The second kappa shape index (κ2) is 10.5. The number of hydrogen-bond acceptors (Lipinski definition) is 9. The number of carbonyl (C=O) groups is 1. The molecule has 3 fully saturated rings. The van der Waals surface area contributed by atoms with Crippen LogP contribution in [0.1, 0.15) is 18.4 Å². The van der Waals surface area contributed by atoms with E-state index >= 15 is 0 Å². The molecule has 0 aliphatic carbocycles. The van der Waals surface area contributed by atoms with Crippen molar-refractivity contribution in [1.29, 1.82) is 0 Å². The van der Waals surface area contributed by atoms with Crippen molar-refractivity contribution in [3.8, 4) is 0 Å². The Labute approximate surface area is 207 Å². The van der Waals surface area contributed by atoms with Gasteiger partial charge in [0.1, 0.15) is 15.8 Å². The highest BCUT2D eigenvalue weighted by molar-refractivity contribution is 8.26. The van der Waals surface area contributed by atoms with E-state index in [1.807, 2.05) is 6.07 Å². The van der Waals surface area contributed by atoms with Crippen LogP contribution in [-0.4, -0.2) is 88.1 Å². The van der Waals surface area contributed by atoms with E-state index in [1.54, 1.807) is 29.3 Å². The van der Waals surface area contributed by atoms with Gasteiger partial charge in [0.15, 0.2) is 0 Å². The Bertz CT molecular complexity index is 1170. The molecule has 3 aliphatic rings. The average Bonchev–Trinajstić information content (AvgIpc) is 3.46. The van der Waals surface area contributed by atoms with E-state index < -0.39 is 0 Å². The van der Waals surface area contributed by atoms with Gasteiger partial charge in [0.2, 0.25) is 0 Å². The fraction of sp³-hybridized carbons (Fsp3) is 0.478. The molecule has 11 heteroatoms. The number of amides is 1. The number of nitrogens with zero attached hydrogens (tertiary/aromatic N) is 4. The predicted molar refractivity (Wildman–Crippen MR) is 136 cm³/mol. The topological polar surface area (TPSA) is 88.4 Å². The average molecular weight is 502 g/mol. The van der Waals surface area contributed by atoms with Crippen LogP contribution in [0, 0.1) is 0 Å². The van der Waals surface area contributed by atoms with Crippen molar-refractivity contribution in [2.45, 2.75) is 18.9 Å². The van der Waals surface area contributed by atoms with Crippen molar-refractivity contribution in [3.63, 3.8) is 0 Å². The minimum absolute atomic E-state index is 0.00669. The number of morpholine rings is 1. The van der Waals surface area contributed by atoms with Crippen molar-refractivity contribution in [3.05, 3.63) is 45.2 Å². The first-order chi connectivity index (χ1) is 16.6. The fourth-order valence-corrected chi connectivity index (χ4v) is 5.56. The normalized spacial score (nSPS) is 22.9.